The first-order valence-corrected chi connectivity index (χ1v) is 5.53. The number of nitro groups is 1. The maximum absolute atomic E-state index is 12.8. The van der Waals surface area contributed by atoms with E-state index in [9.17, 15) is 23.3 Å². The molecule has 0 aliphatic carbocycles. The van der Waals surface area contributed by atoms with E-state index in [0.29, 0.717) is 0 Å². The molecule has 110 valence electrons. The average Bonchev–Trinajstić information content (AvgIpc) is 2.37. The summed E-state index contributed by atoms with van der Waals surface area (Å²) < 4.78 is 43.4. The second-order valence-corrected chi connectivity index (χ2v) is 3.94. The zero-order valence-electron chi connectivity index (χ0n) is 10.3. The summed E-state index contributed by atoms with van der Waals surface area (Å²) >= 11 is 0. The molecule has 0 amide bonds. The molecule has 0 aliphatic heterocycles. The van der Waals surface area contributed by atoms with Crippen molar-refractivity contribution in [3.8, 4) is 11.6 Å². The molecule has 21 heavy (non-hydrogen) atoms. The average molecular weight is 299 g/mol. The Kier molecular flexibility index (Phi) is 3.66. The van der Waals surface area contributed by atoms with Gasteiger partial charge in [0.15, 0.2) is 0 Å². The van der Waals surface area contributed by atoms with Crippen molar-refractivity contribution in [2.45, 2.75) is 6.18 Å². The SMILES string of the molecule is Nc1cc([N+](=O)[O-])cc(Oc2ccccc2C(F)(F)F)n1. The number of hydrogen-bond donors (Lipinski definition) is 1. The Balaban J connectivity index is 2.42. The highest BCUT2D eigenvalue weighted by Gasteiger charge is 2.34. The summed E-state index contributed by atoms with van der Waals surface area (Å²) in [5, 5.41) is 10.7. The number of rotatable bonds is 3. The number of nitrogens with two attached hydrogens (primary N) is 1. The minimum absolute atomic E-state index is 0.233. The first kappa shape index (κ1) is 14.6. The van der Waals surface area contributed by atoms with E-state index in [0.717, 1.165) is 24.3 Å². The van der Waals surface area contributed by atoms with Crippen molar-refractivity contribution in [3.63, 3.8) is 0 Å². The molecule has 0 bridgehead atoms. The maximum atomic E-state index is 12.8. The summed E-state index contributed by atoms with van der Waals surface area (Å²) in [4.78, 5) is 13.5. The predicted molar refractivity (Wildman–Crippen MR) is 66.8 cm³/mol. The van der Waals surface area contributed by atoms with E-state index in [4.69, 9.17) is 10.5 Å². The van der Waals surface area contributed by atoms with Crippen molar-refractivity contribution in [2.75, 3.05) is 5.73 Å². The molecule has 2 aromatic rings. The lowest BCUT2D eigenvalue weighted by molar-refractivity contribution is -0.384. The van der Waals surface area contributed by atoms with Crippen LogP contribution in [0.25, 0.3) is 0 Å². The van der Waals surface area contributed by atoms with E-state index < -0.39 is 34.0 Å². The zero-order chi connectivity index (χ0) is 15.6. The van der Waals surface area contributed by atoms with Crippen LogP contribution in [0.1, 0.15) is 5.56 Å². The van der Waals surface area contributed by atoms with E-state index in [-0.39, 0.29) is 5.82 Å². The molecule has 0 fully saturated rings. The van der Waals surface area contributed by atoms with Crippen LogP contribution in [0.15, 0.2) is 36.4 Å². The van der Waals surface area contributed by atoms with Crippen LogP contribution in [-0.2, 0) is 6.18 Å². The number of pyridine rings is 1. The van der Waals surface area contributed by atoms with Crippen LogP contribution in [0, 0.1) is 10.1 Å². The van der Waals surface area contributed by atoms with E-state index >= 15 is 0 Å². The summed E-state index contributed by atoms with van der Waals surface area (Å²) in [5.74, 6) is -1.14. The molecule has 0 saturated carbocycles. The third-order valence-corrected chi connectivity index (χ3v) is 2.42. The van der Waals surface area contributed by atoms with Crippen LogP contribution in [0.2, 0.25) is 0 Å². The fourth-order valence-corrected chi connectivity index (χ4v) is 1.57. The van der Waals surface area contributed by atoms with Crippen molar-refractivity contribution in [3.05, 3.63) is 52.1 Å². The molecule has 0 atom stereocenters. The number of alkyl halides is 3. The normalized spacial score (nSPS) is 11.2. The van der Waals surface area contributed by atoms with Crippen LogP contribution in [0.3, 0.4) is 0 Å². The van der Waals surface area contributed by atoms with E-state index in [1.807, 2.05) is 0 Å². The van der Waals surface area contributed by atoms with Gasteiger partial charge in [-0.1, -0.05) is 12.1 Å². The molecule has 0 saturated heterocycles. The number of ether oxygens (including phenoxy) is 1. The smallest absolute Gasteiger partial charge is 0.419 e. The summed E-state index contributed by atoms with van der Waals surface area (Å²) in [6.07, 6.45) is -4.62. The number of halogens is 3. The fourth-order valence-electron chi connectivity index (χ4n) is 1.57. The molecule has 0 spiro atoms. The van der Waals surface area contributed by atoms with Crippen LogP contribution >= 0.6 is 0 Å². The van der Waals surface area contributed by atoms with Gasteiger partial charge in [0.25, 0.3) is 5.69 Å². The number of anilines is 1. The second kappa shape index (κ2) is 5.27. The molecule has 1 aromatic carbocycles. The fraction of sp³-hybridized carbons (Fsp3) is 0.0833. The Morgan fingerprint density at radius 3 is 2.52 bits per heavy atom. The number of aromatic nitrogens is 1. The number of nitrogen functional groups attached to an aromatic ring is 1. The van der Waals surface area contributed by atoms with Gasteiger partial charge in [-0.05, 0) is 12.1 Å². The van der Waals surface area contributed by atoms with Crippen LogP contribution in [0.5, 0.6) is 11.6 Å². The lowest BCUT2D eigenvalue weighted by Gasteiger charge is -2.12. The molecule has 9 heteroatoms. The Hall–Kier alpha value is -2.84. The number of para-hydroxylation sites is 1. The van der Waals surface area contributed by atoms with Gasteiger partial charge < -0.3 is 10.5 Å². The van der Waals surface area contributed by atoms with Crippen LogP contribution in [0.4, 0.5) is 24.7 Å². The molecule has 6 nitrogen and oxygen atoms in total. The number of benzene rings is 1. The van der Waals surface area contributed by atoms with Crippen LogP contribution < -0.4 is 10.5 Å². The zero-order valence-corrected chi connectivity index (χ0v) is 10.3. The third-order valence-electron chi connectivity index (χ3n) is 2.42. The number of hydrogen-bond acceptors (Lipinski definition) is 5. The minimum Gasteiger partial charge on any atom is -0.438 e. The molecule has 2 rings (SSSR count). The second-order valence-electron chi connectivity index (χ2n) is 3.94. The quantitative estimate of drug-likeness (QED) is 0.693. The van der Waals surface area contributed by atoms with Gasteiger partial charge >= 0.3 is 6.18 Å². The van der Waals surface area contributed by atoms with E-state index in [1.54, 1.807) is 0 Å². The lowest BCUT2D eigenvalue weighted by Crippen LogP contribution is -2.07. The van der Waals surface area contributed by atoms with Gasteiger partial charge in [-0.15, -0.1) is 0 Å². The molecule has 1 aromatic heterocycles. The minimum atomic E-state index is -4.62. The van der Waals surface area contributed by atoms with Crippen molar-refractivity contribution < 1.29 is 22.8 Å². The molecule has 0 radical (unpaired) electrons. The molecular formula is C12H8F3N3O3. The highest BCUT2D eigenvalue weighted by Crippen LogP contribution is 2.38. The standard InChI is InChI=1S/C12H8F3N3O3/c13-12(14,15)8-3-1-2-4-9(8)21-11-6-7(18(19)20)5-10(16)17-11/h1-6H,(H2,16,17). The highest BCUT2D eigenvalue weighted by atomic mass is 19.4. The van der Waals surface area contributed by atoms with E-state index in [2.05, 4.69) is 4.98 Å². The third kappa shape index (κ3) is 3.38. The largest absolute Gasteiger partial charge is 0.438 e. The van der Waals surface area contributed by atoms with Gasteiger partial charge in [-0.2, -0.15) is 18.2 Å². The summed E-state index contributed by atoms with van der Waals surface area (Å²) in [5.41, 5.74) is 3.91. The van der Waals surface area contributed by atoms with Crippen LogP contribution in [-0.4, -0.2) is 9.91 Å². The Bertz CT molecular complexity index is 689. The monoisotopic (exact) mass is 299 g/mol. The van der Waals surface area contributed by atoms with Crippen molar-refractivity contribution in [1.82, 2.24) is 4.98 Å². The van der Waals surface area contributed by atoms with Gasteiger partial charge in [0.1, 0.15) is 11.6 Å². The first-order valence-electron chi connectivity index (χ1n) is 5.53. The first-order chi connectivity index (χ1) is 9.77. The summed E-state index contributed by atoms with van der Waals surface area (Å²) in [7, 11) is 0. The molecule has 0 unspecified atom stereocenters. The summed E-state index contributed by atoms with van der Waals surface area (Å²) in [6.45, 7) is 0. The predicted octanol–water partition coefficient (Wildman–Crippen LogP) is 3.38. The highest BCUT2D eigenvalue weighted by molar-refractivity contribution is 5.47. The Morgan fingerprint density at radius 2 is 1.90 bits per heavy atom. The van der Waals surface area contributed by atoms with Crippen molar-refractivity contribution >= 4 is 11.5 Å². The molecular weight excluding hydrogens is 291 g/mol. The Morgan fingerprint density at radius 1 is 1.24 bits per heavy atom. The van der Waals surface area contributed by atoms with Crippen molar-refractivity contribution in [1.29, 1.82) is 0 Å². The van der Waals surface area contributed by atoms with E-state index in [1.165, 1.54) is 12.1 Å². The summed E-state index contributed by atoms with van der Waals surface area (Å²) in [6, 6.07) is 6.32. The van der Waals surface area contributed by atoms with Gasteiger partial charge in [-0.3, -0.25) is 10.1 Å². The maximum Gasteiger partial charge on any atom is 0.419 e. The Labute approximate surface area is 116 Å². The lowest BCUT2D eigenvalue weighted by atomic mass is 10.2. The molecule has 0 aliphatic rings. The topological polar surface area (TPSA) is 91.3 Å². The van der Waals surface area contributed by atoms with Gasteiger partial charge in [0, 0.05) is 0 Å². The van der Waals surface area contributed by atoms with Gasteiger partial charge in [-0.25, -0.2) is 0 Å². The molecule has 2 N–H and O–H groups in total. The van der Waals surface area contributed by atoms with Gasteiger partial charge in [0.2, 0.25) is 5.88 Å². The van der Waals surface area contributed by atoms with Crippen molar-refractivity contribution in [2.24, 2.45) is 0 Å². The van der Waals surface area contributed by atoms with Gasteiger partial charge in [0.05, 0.1) is 22.6 Å². The molecule has 1 heterocycles. The number of nitrogens with zero attached hydrogens (tertiary/aromatic N) is 2.